The maximum Gasteiger partial charge on any atom is 0.343 e. The minimum Gasteiger partial charge on any atom is -0.508 e. The number of hydrogen-bond donors (Lipinski definition) is 1. The molecule has 0 fully saturated rings. The summed E-state index contributed by atoms with van der Waals surface area (Å²) in [5.74, 6) is -4.64. The summed E-state index contributed by atoms with van der Waals surface area (Å²) in [6.45, 7) is -0.283. The first-order valence-corrected chi connectivity index (χ1v) is 13.3. The molecule has 0 bridgehead atoms. The number of phenolic OH excluding ortho intramolecular Hbond substituents is 1. The van der Waals surface area contributed by atoms with Crippen molar-refractivity contribution in [3.63, 3.8) is 0 Å². The van der Waals surface area contributed by atoms with Crippen molar-refractivity contribution < 1.29 is 43.2 Å². The van der Waals surface area contributed by atoms with E-state index in [-0.39, 0.29) is 46.1 Å². The lowest BCUT2D eigenvalue weighted by Gasteiger charge is -2.16. The predicted molar refractivity (Wildman–Crippen MR) is 158 cm³/mol. The van der Waals surface area contributed by atoms with Gasteiger partial charge in [0.2, 0.25) is 5.75 Å². The molecule has 0 aromatic heterocycles. The minimum absolute atomic E-state index is 0.0709. The van der Waals surface area contributed by atoms with Gasteiger partial charge in [0.25, 0.3) is 0 Å². The van der Waals surface area contributed by atoms with Crippen molar-refractivity contribution in [3.05, 3.63) is 155 Å². The second-order valence-corrected chi connectivity index (χ2v) is 9.27. The van der Waals surface area contributed by atoms with E-state index in [1.807, 2.05) is 0 Å². The van der Waals surface area contributed by atoms with Crippen molar-refractivity contribution >= 4 is 23.9 Å². The second-order valence-electron chi connectivity index (χ2n) is 9.27. The Morgan fingerprint density at radius 1 is 0.477 bits per heavy atom. The average Bonchev–Trinajstić information content (AvgIpc) is 3.06. The molecule has 0 unspecified atom stereocenters. The van der Waals surface area contributed by atoms with Gasteiger partial charge in [0.05, 0.1) is 22.3 Å². The lowest BCUT2D eigenvalue weighted by Crippen LogP contribution is -2.16. The molecule has 0 atom stereocenters. The number of rotatable bonds is 9. The highest BCUT2D eigenvalue weighted by Crippen LogP contribution is 2.41. The number of esters is 4. The Balaban J connectivity index is 1.57. The Labute approximate surface area is 251 Å². The van der Waals surface area contributed by atoms with Crippen LogP contribution in [0.5, 0.6) is 23.0 Å². The summed E-state index contributed by atoms with van der Waals surface area (Å²) >= 11 is 0. The highest BCUT2D eigenvalue weighted by atomic mass is 16.6. The molecule has 5 rings (SSSR count). The monoisotopic (exact) mass is 588 g/mol. The minimum atomic E-state index is -0.900. The van der Waals surface area contributed by atoms with Crippen LogP contribution in [0.15, 0.2) is 127 Å². The van der Waals surface area contributed by atoms with E-state index in [9.17, 15) is 24.3 Å². The van der Waals surface area contributed by atoms with Crippen LogP contribution in [0.4, 0.5) is 0 Å². The molecule has 44 heavy (non-hydrogen) atoms. The van der Waals surface area contributed by atoms with Gasteiger partial charge in [0.15, 0.2) is 11.5 Å². The van der Waals surface area contributed by atoms with Crippen LogP contribution >= 0.6 is 0 Å². The van der Waals surface area contributed by atoms with Crippen LogP contribution in [-0.4, -0.2) is 29.0 Å². The van der Waals surface area contributed by atoms with Gasteiger partial charge in [0, 0.05) is 5.56 Å². The van der Waals surface area contributed by atoms with Crippen LogP contribution in [-0.2, 0) is 11.3 Å². The molecule has 9 heteroatoms. The summed E-state index contributed by atoms with van der Waals surface area (Å²) in [7, 11) is 0. The third kappa shape index (κ3) is 7.15. The SMILES string of the molecule is O=C(OCc1ccccc1O)c1cc(OC(=O)c2ccccc2)c(OC(=O)c2ccccc2)c(OC(=O)c2ccccc2)c1. The molecule has 0 radical (unpaired) electrons. The van der Waals surface area contributed by atoms with Crippen LogP contribution in [0, 0.1) is 0 Å². The van der Waals surface area contributed by atoms with E-state index in [0.29, 0.717) is 5.56 Å². The molecule has 9 nitrogen and oxygen atoms in total. The van der Waals surface area contributed by atoms with Crippen molar-refractivity contribution in [2.75, 3.05) is 0 Å². The Hall–Kier alpha value is -6.22. The van der Waals surface area contributed by atoms with Gasteiger partial charge in [-0.2, -0.15) is 0 Å². The molecule has 0 aliphatic carbocycles. The second kappa shape index (κ2) is 13.6. The number of ether oxygens (including phenoxy) is 4. The number of aromatic hydroxyl groups is 1. The number of para-hydroxylation sites is 1. The summed E-state index contributed by atoms with van der Waals surface area (Å²) in [6.07, 6.45) is 0. The Morgan fingerprint density at radius 2 is 0.886 bits per heavy atom. The normalized spacial score (nSPS) is 10.4. The zero-order valence-electron chi connectivity index (χ0n) is 23.0. The van der Waals surface area contributed by atoms with E-state index in [4.69, 9.17) is 18.9 Å². The van der Waals surface area contributed by atoms with Gasteiger partial charge in [-0.25, -0.2) is 19.2 Å². The third-order valence-electron chi connectivity index (χ3n) is 6.24. The summed E-state index contributed by atoms with van der Waals surface area (Å²) in [5, 5.41) is 10.1. The molecule has 0 spiro atoms. The van der Waals surface area contributed by atoms with Gasteiger partial charge in [-0.3, -0.25) is 0 Å². The standard InChI is InChI=1S/C35H24O9/c36-28-19-11-10-18-26(28)22-41-32(37)27-20-29(42-33(38)23-12-4-1-5-13-23)31(44-35(40)25-16-8-3-9-17-25)30(21-27)43-34(39)24-14-6-2-7-15-24/h1-21,36H,22H2. The number of carbonyl (C=O) groups is 4. The van der Waals surface area contributed by atoms with Crippen molar-refractivity contribution in [1.82, 2.24) is 0 Å². The molecule has 1 N–H and O–H groups in total. The number of carbonyl (C=O) groups excluding carboxylic acids is 4. The topological polar surface area (TPSA) is 125 Å². The molecule has 0 heterocycles. The fourth-order valence-corrected chi connectivity index (χ4v) is 4.00. The Bertz CT molecular complexity index is 1730. The lowest BCUT2D eigenvalue weighted by molar-refractivity contribution is 0.0466. The molecule has 0 saturated heterocycles. The fourth-order valence-electron chi connectivity index (χ4n) is 4.00. The molecule has 5 aromatic rings. The van der Waals surface area contributed by atoms with Gasteiger partial charge >= 0.3 is 23.9 Å². The summed E-state index contributed by atoms with van der Waals surface area (Å²) in [5.41, 5.74) is 0.665. The van der Waals surface area contributed by atoms with Crippen LogP contribution in [0.2, 0.25) is 0 Å². The van der Waals surface area contributed by atoms with Crippen LogP contribution < -0.4 is 14.2 Å². The molecule has 0 aliphatic heterocycles. The lowest BCUT2D eigenvalue weighted by atomic mass is 10.1. The summed E-state index contributed by atoms with van der Waals surface area (Å²) in [4.78, 5) is 52.5. The van der Waals surface area contributed by atoms with E-state index in [1.54, 1.807) is 72.8 Å². The molecular formula is C35H24O9. The van der Waals surface area contributed by atoms with E-state index in [2.05, 4.69) is 0 Å². The van der Waals surface area contributed by atoms with E-state index in [1.165, 1.54) is 42.5 Å². The van der Waals surface area contributed by atoms with Gasteiger partial charge in [-0.05, 0) is 54.6 Å². The van der Waals surface area contributed by atoms with Gasteiger partial charge < -0.3 is 24.1 Å². The third-order valence-corrected chi connectivity index (χ3v) is 6.24. The average molecular weight is 589 g/mol. The highest BCUT2D eigenvalue weighted by Gasteiger charge is 2.26. The molecule has 5 aromatic carbocycles. The molecule has 0 aliphatic rings. The van der Waals surface area contributed by atoms with Gasteiger partial charge in [0.1, 0.15) is 12.4 Å². The van der Waals surface area contributed by atoms with Gasteiger partial charge in [-0.1, -0.05) is 72.8 Å². The smallest absolute Gasteiger partial charge is 0.343 e. The van der Waals surface area contributed by atoms with Crippen molar-refractivity contribution in [2.45, 2.75) is 6.61 Å². The van der Waals surface area contributed by atoms with Gasteiger partial charge in [-0.15, -0.1) is 0 Å². The van der Waals surface area contributed by atoms with E-state index < -0.39 is 29.6 Å². The first-order valence-electron chi connectivity index (χ1n) is 13.3. The van der Waals surface area contributed by atoms with E-state index >= 15 is 0 Å². The van der Waals surface area contributed by atoms with Crippen molar-refractivity contribution in [2.24, 2.45) is 0 Å². The zero-order valence-corrected chi connectivity index (χ0v) is 23.0. The number of benzene rings is 5. The maximum absolute atomic E-state index is 13.2. The maximum atomic E-state index is 13.2. The quantitative estimate of drug-likeness (QED) is 0.154. The zero-order chi connectivity index (χ0) is 30.9. The van der Waals surface area contributed by atoms with Crippen molar-refractivity contribution in [3.8, 4) is 23.0 Å². The molecule has 218 valence electrons. The fraction of sp³-hybridized carbons (Fsp3) is 0.0286. The molecule has 0 amide bonds. The molecular weight excluding hydrogens is 564 g/mol. The Morgan fingerprint density at radius 3 is 1.34 bits per heavy atom. The first-order chi connectivity index (χ1) is 21.4. The van der Waals surface area contributed by atoms with Crippen molar-refractivity contribution in [1.29, 1.82) is 0 Å². The summed E-state index contributed by atoms with van der Waals surface area (Å²) < 4.78 is 22.3. The van der Waals surface area contributed by atoms with Crippen LogP contribution in [0.25, 0.3) is 0 Å². The number of hydrogen-bond acceptors (Lipinski definition) is 9. The first kappa shape index (κ1) is 29.3. The predicted octanol–water partition coefficient (Wildman–Crippen LogP) is 6.41. The van der Waals surface area contributed by atoms with Crippen LogP contribution in [0.3, 0.4) is 0 Å². The van der Waals surface area contributed by atoms with Crippen LogP contribution in [0.1, 0.15) is 47.0 Å². The summed E-state index contributed by atoms with van der Waals surface area (Å²) in [6, 6.07) is 32.6. The molecule has 0 saturated carbocycles. The largest absolute Gasteiger partial charge is 0.508 e. The number of phenols is 1. The van der Waals surface area contributed by atoms with E-state index in [0.717, 1.165) is 12.1 Å². The highest BCUT2D eigenvalue weighted by molar-refractivity contribution is 5.97. The Kier molecular flexibility index (Phi) is 9.07.